The predicted molar refractivity (Wildman–Crippen MR) is 84.1 cm³/mol. The summed E-state index contributed by atoms with van der Waals surface area (Å²) in [6.45, 7) is -0.490. The van der Waals surface area contributed by atoms with Crippen molar-refractivity contribution in [3.63, 3.8) is 0 Å². The third kappa shape index (κ3) is 2.78. The monoisotopic (exact) mass is 331 g/mol. The van der Waals surface area contributed by atoms with Gasteiger partial charge in [-0.05, 0) is 30.3 Å². The minimum absolute atomic E-state index is 0.175. The van der Waals surface area contributed by atoms with E-state index in [1.165, 1.54) is 18.3 Å². The van der Waals surface area contributed by atoms with Gasteiger partial charge < -0.3 is 9.84 Å². The number of hydrogen-bond acceptors (Lipinski definition) is 4. The number of carbonyl (C=O) groups is 1. The highest BCUT2D eigenvalue weighted by Gasteiger charge is 2.19. The van der Waals surface area contributed by atoms with Gasteiger partial charge in [-0.2, -0.15) is 0 Å². The zero-order chi connectivity index (χ0) is 16.4. The van der Waals surface area contributed by atoms with Gasteiger partial charge in [0.25, 0.3) is 10.0 Å². The fourth-order valence-electron chi connectivity index (χ4n) is 2.30. The molecule has 118 valence electrons. The third-order valence-corrected chi connectivity index (χ3v) is 5.01. The number of rotatable bonds is 5. The third-order valence-electron chi connectivity index (χ3n) is 3.31. The molecule has 0 amide bonds. The van der Waals surface area contributed by atoms with Crippen LogP contribution >= 0.6 is 0 Å². The molecule has 0 aliphatic heterocycles. The molecule has 0 aliphatic carbocycles. The van der Waals surface area contributed by atoms with Crippen molar-refractivity contribution in [2.45, 2.75) is 4.90 Å². The van der Waals surface area contributed by atoms with E-state index in [1.54, 1.807) is 42.5 Å². The topological polar surface area (TPSA) is 85.6 Å². The van der Waals surface area contributed by atoms with Crippen molar-refractivity contribution in [3.05, 3.63) is 60.8 Å². The molecule has 7 heteroatoms. The standard InChI is InChI=1S/C16H13NO5S/c18-16(19)11-22-15-8-4-7-14-13(15)9-10-17(14)23(20,21)12-5-2-1-3-6-12/h1-10H,11H2,(H,18,19). The fraction of sp³-hybridized carbons (Fsp3) is 0.0625. The van der Waals surface area contributed by atoms with Crippen molar-refractivity contribution in [1.82, 2.24) is 3.97 Å². The van der Waals surface area contributed by atoms with Crippen LogP contribution in [0.4, 0.5) is 0 Å². The van der Waals surface area contributed by atoms with E-state index in [1.807, 2.05) is 0 Å². The van der Waals surface area contributed by atoms with E-state index in [0.717, 1.165) is 3.97 Å². The maximum atomic E-state index is 12.7. The zero-order valence-corrected chi connectivity index (χ0v) is 12.7. The lowest BCUT2D eigenvalue weighted by Crippen LogP contribution is -2.12. The van der Waals surface area contributed by atoms with Gasteiger partial charge in [-0.1, -0.05) is 24.3 Å². The van der Waals surface area contributed by atoms with Crippen molar-refractivity contribution in [3.8, 4) is 5.75 Å². The minimum atomic E-state index is -3.73. The summed E-state index contributed by atoms with van der Waals surface area (Å²) in [5, 5.41) is 9.24. The molecule has 0 spiro atoms. The molecule has 3 aromatic rings. The van der Waals surface area contributed by atoms with Crippen LogP contribution in [-0.2, 0) is 14.8 Å². The fourth-order valence-corrected chi connectivity index (χ4v) is 3.66. The number of carboxylic acid groups (broad SMARTS) is 1. The van der Waals surface area contributed by atoms with E-state index in [-0.39, 0.29) is 4.90 Å². The van der Waals surface area contributed by atoms with Crippen molar-refractivity contribution in [1.29, 1.82) is 0 Å². The molecule has 0 saturated carbocycles. The first-order valence-electron chi connectivity index (χ1n) is 6.75. The first-order valence-corrected chi connectivity index (χ1v) is 8.19. The normalized spacial score (nSPS) is 11.5. The molecule has 1 N–H and O–H groups in total. The molecular weight excluding hydrogens is 318 g/mol. The summed E-state index contributed by atoms with van der Waals surface area (Å²) in [6, 6.07) is 14.5. The maximum Gasteiger partial charge on any atom is 0.341 e. The van der Waals surface area contributed by atoms with Crippen LogP contribution in [0.5, 0.6) is 5.75 Å². The van der Waals surface area contributed by atoms with E-state index < -0.39 is 22.6 Å². The number of aliphatic carboxylic acids is 1. The summed E-state index contributed by atoms with van der Waals surface area (Å²) in [6.07, 6.45) is 1.43. The lowest BCUT2D eigenvalue weighted by Gasteiger charge is -2.09. The number of hydrogen-bond donors (Lipinski definition) is 1. The smallest absolute Gasteiger partial charge is 0.341 e. The van der Waals surface area contributed by atoms with Gasteiger partial charge in [0.1, 0.15) is 5.75 Å². The van der Waals surface area contributed by atoms with Crippen LogP contribution < -0.4 is 4.74 Å². The summed E-state index contributed by atoms with van der Waals surface area (Å²) in [4.78, 5) is 10.8. The van der Waals surface area contributed by atoms with E-state index in [4.69, 9.17) is 9.84 Å². The maximum absolute atomic E-state index is 12.7. The highest BCUT2D eigenvalue weighted by atomic mass is 32.2. The number of nitrogens with zero attached hydrogens (tertiary/aromatic N) is 1. The Bertz CT molecular complexity index is 961. The van der Waals surface area contributed by atoms with E-state index >= 15 is 0 Å². The Morgan fingerprint density at radius 2 is 1.78 bits per heavy atom. The Morgan fingerprint density at radius 3 is 2.48 bits per heavy atom. The molecule has 1 aromatic heterocycles. The predicted octanol–water partition coefficient (Wildman–Crippen LogP) is 2.34. The second-order valence-corrected chi connectivity index (χ2v) is 6.62. The van der Waals surface area contributed by atoms with Gasteiger partial charge in [-0.15, -0.1) is 0 Å². The summed E-state index contributed by atoms with van der Waals surface area (Å²) in [5.74, 6) is -0.773. The molecule has 0 saturated heterocycles. The molecule has 0 radical (unpaired) electrons. The van der Waals surface area contributed by atoms with Gasteiger partial charge in [0.05, 0.1) is 10.4 Å². The average Bonchev–Trinajstić information content (AvgIpc) is 2.99. The minimum Gasteiger partial charge on any atom is -0.481 e. The molecule has 23 heavy (non-hydrogen) atoms. The summed E-state index contributed by atoms with van der Waals surface area (Å²) in [5.41, 5.74) is 0.428. The van der Waals surface area contributed by atoms with Crippen molar-refractivity contribution >= 4 is 26.9 Å². The number of carboxylic acids is 1. The molecular formula is C16H13NO5S. The number of ether oxygens (including phenoxy) is 1. The van der Waals surface area contributed by atoms with Crippen molar-refractivity contribution < 1.29 is 23.1 Å². The van der Waals surface area contributed by atoms with Gasteiger partial charge in [-0.25, -0.2) is 17.2 Å². The van der Waals surface area contributed by atoms with E-state index in [2.05, 4.69) is 0 Å². The molecule has 0 atom stereocenters. The molecule has 0 unspecified atom stereocenters. The molecule has 6 nitrogen and oxygen atoms in total. The van der Waals surface area contributed by atoms with Gasteiger partial charge >= 0.3 is 5.97 Å². The zero-order valence-electron chi connectivity index (χ0n) is 11.9. The molecule has 3 rings (SSSR count). The second kappa shape index (κ2) is 5.77. The van der Waals surface area contributed by atoms with Crippen LogP contribution in [0.1, 0.15) is 0 Å². The molecule has 0 fully saturated rings. The van der Waals surface area contributed by atoms with Crippen molar-refractivity contribution in [2.75, 3.05) is 6.61 Å². The highest BCUT2D eigenvalue weighted by molar-refractivity contribution is 7.90. The molecule has 1 heterocycles. The average molecular weight is 331 g/mol. The van der Waals surface area contributed by atoms with Crippen LogP contribution in [0.25, 0.3) is 10.9 Å². The van der Waals surface area contributed by atoms with Gasteiger partial charge in [0.15, 0.2) is 6.61 Å². The quantitative estimate of drug-likeness (QED) is 0.775. The van der Waals surface area contributed by atoms with Crippen molar-refractivity contribution in [2.24, 2.45) is 0 Å². The largest absolute Gasteiger partial charge is 0.481 e. The Kier molecular flexibility index (Phi) is 3.79. The summed E-state index contributed by atoms with van der Waals surface area (Å²) >= 11 is 0. The van der Waals surface area contributed by atoms with Gasteiger partial charge in [-0.3, -0.25) is 0 Å². The Hall–Kier alpha value is -2.80. The van der Waals surface area contributed by atoms with Crippen LogP contribution in [0.2, 0.25) is 0 Å². The SMILES string of the molecule is O=C(O)COc1cccc2c1ccn2S(=O)(=O)c1ccccc1. The molecule has 0 aliphatic rings. The first-order chi connectivity index (χ1) is 11.0. The lowest BCUT2D eigenvalue weighted by atomic mass is 10.2. The Morgan fingerprint density at radius 1 is 1.04 bits per heavy atom. The van der Waals surface area contributed by atoms with E-state index in [9.17, 15) is 13.2 Å². The van der Waals surface area contributed by atoms with Gasteiger partial charge in [0, 0.05) is 11.6 Å². The van der Waals surface area contributed by atoms with Crippen LogP contribution in [0.15, 0.2) is 65.7 Å². The molecule has 2 aromatic carbocycles. The molecule has 0 bridgehead atoms. The lowest BCUT2D eigenvalue weighted by molar-refractivity contribution is -0.139. The van der Waals surface area contributed by atoms with Gasteiger partial charge in [0.2, 0.25) is 0 Å². The first kappa shape index (κ1) is 15.1. The number of aromatic nitrogens is 1. The summed E-state index contributed by atoms with van der Waals surface area (Å²) < 4.78 is 31.8. The summed E-state index contributed by atoms with van der Waals surface area (Å²) in [7, 11) is -3.73. The van der Waals surface area contributed by atoms with Crippen LogP contribution in [-0.4, -0.2) is 30.1 Å². The Labute approximate surface area is 132 Å². The highest BCUT2D eigenvalue weighted by Crippen LogP contribution is 2.29. The van der Waals surface area contributed by atoms with Crippen LogP contribution in [0.3, 0.4) is 0 Å². The Balaban J connectivity index is 2.10. The number of benzene rings is 2. The second-order valence-electron chi connectivity index (χ2n) is 4.80. The van der Waals surface area contributed by atoms with Crippen LogP contribution in [0, 0.1) is 0 Å². The number of fused-ring (bicyclic) bond motifs is 1. The van der Waals surface area contributed by atoms with E-state index in [0.29, 0.717) is 16.7 Å².